The van der Waals surface area contributed by atoms with E-state index in [2.05, 4.69) is 130 Å². The van der Waals surface area contributed by atoms with Gasteiger partial charge in [0.25, 0.3) is 0 Å². The van der Waals surface area contributed by atoms with Gasteiger partial charge in [0.1, 0.15) is 36.9 Å². The molecule has 3 aliphatic heterocycles. The fourth-order valence-electron chi connectivity index (χ4n) is 11.7. The van der Waals surface area contributed by atoms with E-state index < -0.39 is 6.10 Å². The van der Waals surface area contributed by atoms with Crippen molar-refractivity contribution in [1.82, 2.24) is 20.9 Å². The molecule has 9 rings (SSSR count). The quantitative estimate of drug-likeness (QED) is 0.0280. The molecule has 16 nitrogen and oxygen atoms in total. The third kappa shape index (κ3) is 24.7. The number of carbonyl (C=O) groups is 2. The summed E-state index contributed by atoms with van der Waals surface area (Å²) in [6.45, 7) is 5.20. The van der Waals surface area contributed by atoms with Crippen LogP contribution in [0.15, 0.2) is 146 Å². The molecule has 0 radical (unpaired) electrons. The molecule has 4 unspecified atom stereocenters. The predicted molar refractivity (Wildman–Crippen MR) is 355 cm³/mol. The molecule has 488 valence electrons. The average Bonchev–Trinajstić information content (AvgIpc) is 4.39. The summed E-state index contributed by atoms with van der Waals surface area (Å²) in [5.74, 6) is 4.81. The van der Waals surface area contributed by atoms with Gasteiger partial charge in [-0.05, 0) is 138 Å². The second kappa shape index (κ2) is 39.6. The molecular weight excluding hydrogens is 1140 g/mol. The smallest absolute Gasteiger partial charge is 0.224 e. The highest BCUT2D eigenvalue weighted by molar-refractivity contribution is 5.79. The highest BCUT2D eigenvalue weighted by atomic mass is 16.6. The Balaban J connectivity index is 0.000000216. The highest BCUT2D eigenvalue weighted by Crippen LogP contribution is 2.42. The number of methoxy groups -OCH3 is 6. The van der Waals surface area contributed by atoms with E-state index >= 15 is 0 Å². The Morgan fingerprint density at radius 2 is 0.933 bits per heavy atom. The number of hydrogen-bond donors (Lipinski definition) is 4. The monoisotopic (exact) mass is 1240 g/mol. The lowest BCUT2D eigenvalue weighted by Gasteiger charge is -2.34. The zero-order chi connectivity index (χ0) is 63.6. The molecule has 6 aromatic rings. The van der Waals surface area contributed by atoms with Gasteiger partial charge < -0.3 is 63.7 Å². The van der Waals surface area contributed by atoms with Crippen molar-refractivity contribution in [2.45, 2.75) is 127 Å². The van der Waals surface area contributed by atoms with Crippen LogP contribution in [0.1, 0.15) is 99.3 Å². The van der Waals surface area contributed by atoms with Gasteiger partial charge in [0.15, 0.2) is 23.0 Å². The molecule has 0 bridgehead atoms. The summed E-state index contributed by atoms with van der Waals surface area (Å²) in [6.07, 6.45) is 15.9. The minimum absolute atomic E-state index is 0.0901. The summed E-state index contributed by atoms with van der Waals surface area (Å²) in [5.41, 5.74) is 5.44. The van der Waals surface area contributed by atoms with E-state index in [4.69, 9.17) is 42.6 Å². The summed E-state index contributed by atoms with van der Waals surface area (Å²) in [5, 5.41) is 21.0. The molecule has 3 fully saturated rings. The minimum Gasteiger partial charge on any atom is -0.493 e. The van der Waals surface area contributed by atoms with Gasteiger partial charge in [-0.2, -0.15) is 0 Å². The molecule has 3 saturated heterocycles. The first-order valence-corrected chi connectivity index (χ1v) is 32.4. The van der Waals surface area contributed by atoms with Crippen LogP contribution in [0, 0.1) is 11.8 Å². The van der Waals surface area contributed by atoms with E-state index in [0.717, 1.165) is 129 Å². The minimum atomic E-state index is -0.713. The number of piperidine rings is 2. The van der Waals surface area contributed by atoms with Crippen LogP contribution < -0.4 is 53.8 Å². The van der Waals surface area contributed by atoms with Gasteiger partial charge in [0.05, 0.1) is 61.1 Å². The first kappa shape index (κ1) is 70.0. The van der Waals surface area contributed by atoms with Crippen LogP contribution in [0.4, 0.5) is 0 Å². The van der Waals surface area contributed by atoms with Gasteiger partial charge in [-0.15, -0.1) is 0 Å². The van der Waals surface area contributed by atoms with E-state index in [0.29, 0.717) is 65.7 Å². The second-order valence-electron chi connectivity index (χ2n) is 23.5. The summed E-state index contributed by atoms with van der Waals surface area (Å²) in [6, 6.07) is 49.8. The Labute approximate surface area is 535 Å². The van der Waals surface area contributed by atoms with Gasteiger partial charge in [0.2, 0.25) is 23.3 Å². The molecule has 3 heterocycles. The molecule has 2 amide bonds. The standard InChI is InChI=1S/C37H50N2O6.C25H34N2O.C12H16O5/c1-42-34-23-33(24-35(43-2)36(34)44-3)45-27-32(40)26-39-22-12-19-30(25-39)37(41)38-31(20-10-17-28-13-6-4-7-14-28)21-11-18-29-15-8-5-9-16-29;28-25(23-16-9-19-26-20-23)27-24(17-7-14-21-10-3-1-4-11-21)18-8-15-22-12-5-2-6-13-22;1-13-10-4-8(16-6-9-7-17-9)5-11(14-2)12(10)15-3/h4-9,13-16,23-24,30-32,40H,10-12,17-22,25-27H2,1-3H3,(H,38,41);1-6,10-13,23-24,26H,7-9,14-20H2,(H,27,28);4-5,9H,6-7H2,1-3H3. The maximum atomic E-state index is 13.5. The molecule has 0 aromatic heterocycles. The Morgan fingerprint density at radius 3 is 1.30 bits per heavy atom. The van der Waals surface area contributed by atoms with Crippen LogP contribution in [-0.2, 0) is 40.0 Å². The topological polar surface area (TPSA) is 180 Å². The van der Waals surface area contributed by atoms with Gasteiger partial charge in [-0.1, -0.05) is 121 Å². The van der Waals surface area contributed by atoms with E-state index in [9.17, 15) is 14.7 Å². The lowest BCUT2D eigenvalue weighted by molar-refractivity contribution is -0.128. The van der Waals surface area contributed by atoms with Crippen LogP contribution in [0.5, 0.6) is 46.0 Å². The first-order chi connectivity index (χ1) is 44.1. The van der Waals surface area contributed by atoms with Crippen LogP contribution in [0.3, 0.4) is 0 Å². The van der Waals surface area contributed by atoms with Gasteiger partial charge >= 0.3 is 0 Å². The highest BCUT2D eigenvalue weighted by Gasteiger charge is 2.29. The Kier molecular flexibility index (Phi) is 30.8. The average molecular weight is 1240 g/mol. The van der Waals surface area contributed by atoms with Crippen molar-refractivity contribution >= 4 is 11.8 Å². The lowest BCUT2D eigenvalue weighted by Crippen LogP contribution is -2.48. The fourth-order valence-corrected chi connectivity index (χ4v) is 11.7. The van der Waals surface area contributed by atoms with E-state index in [1.165, 1.54) is 22.3 Å². The third-order valence-corrected chi connectivity index (χ3v) is 16.7. The lowest BCUT2D eigenvalue weighted by atomic mass is 9.94. The number of likely N-dealkylation sites (tertiary alicyclic amines) is 1. The third-order valence-electron chi connectivity index (χ3n) is 16.7. The van der Waals surface area contributed by atoms with E-state index in [1.807, 2.05) is 12.1 Å². The van der Waals surface area contributed by atoms with Crippen molar-refractivity contribution in [2.24, 2.45) is 11.8 Å². The van der Waals surface area contributed by atoms with Crippen LogP contribution in [-0.4, -0.2) is 141 Å². The molecule has 16 heteroatoms. The number of benzene rings is 6. The largest absolute Gasteiger partial charge is 0.493 e. The zero-order valence-corrected chi connectivity index (χ0v) is 54.2. The number of aryl methyl sites for hydroxylation is 4. The Bertz CT molecular complexity index is 2810. The molecule has 0 aliphatic carbocycles. The van der Waals surface area contributed by atoms with Gasteiger partial charge in [-0.3, -0.25) is 14.5 Å². The summed E-state index contributed by atoms with van der Waals surface area (Å²) < 4.78 is 48.4. The first-order valence-electron chi connectivity index (χ1n) is 32.4. The number of amides is 2. The van der Waals surface area contributed by atoms with E-state index in [1.54, 1.807) is 66.9 Å². The van der Waals surface area contributed by atoms with Crippen molar-refractivity contribution in [3.05, 3.63) is 168 Å². The molecular formula is C74H100N4O12. The SMILES string of the molecule is COc1cc(OCC(O)CN2CCCC(C(=O)NC(CCCc3ccccc3)CCCc3ccccc3)C2)cc(OC)c1OC.COc1cc(OCC2CO2)cc(OC)c1OC.O=C(NC(CCCc1ccccc1)CCCc1ccccc1)C1CCCNC1. The molecule has 90 heavy (non-hydrogen) atoms. The van der Waals surface area contributed by atoms with Crippen molar-refractivity contribution < 1.29 is 57.3 Å². The summed E-state index contributed by atoms with van der Waals surface area (Å²) in [4.78, 5) is 28.4. The molecule has 3 aliphatic rings. The number of carbonyl (C=O) groups excluding carboxylic acids is 2. The van der Waals surface area contributed by atoms with Gasteiger partial charge in [0, 0.05) is 56.0 Å². The number of rotatable bonds is 34. The molecule has 0 saturated carbocycles. The maximum absolute atomic E-state index is 13.5. The number of hydrogen-bond acceptors (Lipinski definition) is 14. The summed E-state index contributed by atoms with van der Waals surface area (Å²) >= 11 is 0. The van der Waals surface area contributed by atoms with Crippen LogP contribution in [0.25, 0.3) is 0 Å². The molecule has 4 N–H and O–H groups in total. The van der Waals surface area contributed by atoms with Gasteiger partial charge in [-0.25, -0.2) is 0 Å². The maximum Gasteiger partial charge on any atom is 0.224 e. The number of nitrogens with zero attached hydrogens (tertiary/aromatic N) is 1. The zero-order valence-electron chi connectivity index (χ0n) is 54.2. The number of β-amino-alcohol motifs (C(OH)–C–C–N with tert-alkyl or cyclic N) is 1. The number of aliphatic hydroxyl groups is 1. The predicted octanol–water partition coefficient (Wildman–Crippen LogP) is 11.7. The van der Waals surface area contributed by atoms with Crippen LogP contribution in [0.2, 0.25) is 0 Å². The normalized spacial score (nSPS) is 16.4. The second-order valence-corrected chi connectivity index (χ2v) is 23.5. The molecule has 0 spiro atoms. The number of nitrogens with one attached hydrogen (secondary N) is 3. The Morgan fingerprint density at radius 1 is 0.544 bits per heavy atom. The number of epoxide rings is 1. The molecule has 4 atom stereocenters. The Hall–Kier alpha value is -7.50. The number of aliphatic hydroxyl groups excluding tert-OH is 1. The van der Waals surface area contributed by atoms with E-state index in [-0.39, 0.29) is 48.4 Å². The van der Waals surface area contributed by atoms with Crippen molar-refractivity contribution in [2.75, 3.05) is 95.2 Å². The summed E-state index contributed by atoms with van der Waals surface area (Å²) in [7, 11) is 9.37. The van der Waals surface area contributed by atoms with Crippen molar-refractivity contribution in [3.63, 3.8) is 0 Å². The fraction of sp³-hybridized carbons (Fsp3) is 0.486. The van der Waals surface area contributed by atoms with Crippen LogP contribution >= 0.6 is 0 Å². The van der Waals surface area contributed by atoms with Crippen molar-refractivity contribution in [1.29, 1.82) is 0 Å². The molecule has 6 aromatic carbocycles. The number of ether oxygens (including phenoxy) is 9. The van der Waals surface area contributed by atoms with Crippen molar-refractivity contribution in [3.8, 4) is 46.0 Å².